The lowest BCUT2D eigenvalue weighted by Gasteiger charge is -2.26. The predicted octanol–water partition coefficient (Wildman–Crippen LogP) is 9.97. The highest BCUT2D eigenvalue weighted by Gasteiger charge is 2.19. The Morgan fingerprint density at radius 3 is 1.63 bits per heavy atom. The van der Waals surface area contributed by atoms with Gasteiger partial charge in [0, 0.05) is 10.8 Å². The Morgan fingerprint density at radius 2 is 1.11 bits per heavy atom. The zero-order chi connectivity index (χ0) is 24.0. The van der Waals surface area contributed by atoms with Crippen molar-refractivity contribution in [1.29, 1.82) is 0 Å². The van der Waals surface area contributed by atoms with Gasteiger partial charge in [0.15, 0.2) is 0 Å². The van der Waals surface area contributed by atoms with Crippen LogP contribution in [0.5, 0.6) is 5.75 Å². The third-order valence-corrected chi connectivity index (χ3v) is 6.88. The molecule has 5 rings (SSSR count). The molecule has 0 heterocycles. The minimum Gasteiger partial charge on any atom is -0.497 e. The molecule has 1 fully saturated rings. The van der Waals surface area contributed by atoms with Gasteiger partial charge >= 0.3 is 0 Å². The summed E-state index contributed by atoms with van der Waals surface area (Å²) < 4.78 is 5.20. The largest absolute Gasteiger partial charge is 0.497 e. The Kier molecular flexibility index (Phi) is 6.94. The van der Waals surface area contributed by atoms with Crippen molar-refractivity contribution in [3.8, 4) is 5.75 Å². The first kappa shape index (κ1) is 22.9. The van der Waals surface area contributed by atoms with Crippen molar-refractivity contribution in [2.45, 2.75) is 38.5 Å². The molecule has 5 nitrogen and oxygen atoms in total. The van der Waals surface area contributed by atoms with Crippen molar-refractivity contribution in [1.82, 2.24) is 0 Å². The van der Waals surface area contributed by atoms with E-state index in [0.29, 0.717) is 5.92 Å². The number of hydrogen-bond donors (Lipinski definition) is 0. The average molecular weight is 463 g/mol. The smallest absolute Gasteiger partial charge is 0.119 e. The van der Waals surface area contributed by atoms with Gasteiger partial charge in [0.25, 0.3) is 0 Å². The van der Waals surface area contributed by atoms with Gasteiger partial charge in [-0.3, -0.25) is 0 Å². The fraction of sp³-hybridized carbons (Fsp3) is 0.267. The van der Waals surface area contributed by atoms with Crippen molar-refractivity contribution in [2.24, 2.45) is 26.4 Å². The topological polar surface area (TPSA) is 58.7 Å². The zero-order valence-corrected chi connectivity index (χ0v) is 20.3. The number of hydrogen-bond acceptors (Lipinski definition) is 5. The second-order valence-electron chi connectivity index (χ2n) is 9.30. The van der Waals surface area contributed by atoms with Gasteiger partial charge in [-0.2, -0.15) is 10.2 Å². The summed E-state index contributed by atoms with van der Waals surface area (Å²) in [6, 6.07) is 28.1. The summed E-state index contributed by atoms with van der Waals surface area (Å²) in [5.41, 5.74) is 4.67. The van der Waals surface area contributed by atoms with Crippen molar-refractivity contribution >= 4 is 33.5 Å². The number of nitrogens with zero attached hydrogens (tertiary/aromatic N) is 4. The molecule has 0 spiro atoms. The van der Waals surface area contributed by atoms with E-state index >= 15 is 0 Å². The van der Waals surface area contributed by atoms with Crippen LogP contribution in [0.15, 0.2) is 105 Å². The maximum Gasteiger partial charge on any atom is 0.119 e. The molecule has 0 N–H and O–H groups in total. The van der Waals surface area contributed by atoms with Gasteiger partial charge in [0.2, 0.25) is 0 Å². The molecule has 0 unspecified atom stereocenters. The second kappa shape index (κ2) is 10.6. The summed E-state index contributed by atoms with van der Waals surface area (Å²) >= 11 is 0. The van der Waals surface area contributed by atoms with Crippen LogP contribution >= 0.6 is 0 Å². The summed E-state index contributed by atoms with van der Waals surface area (Å²) in [7, 11) is 1.65. The van der Waals surface area contributed by atoms with Gasteiger partial charge in [-0.25, -0.2) is 0 Å². The third kappa shape index (κ3) is 5.46. The number of fused-ring (bicyclic) bond motifs is 1. The Morgan fingerprint density at radius 1 is 0.600 bits per heavy atom. The Hall–Kier alpha value is -3.86. The van der Waals surface area contributed by atoms with E-state index < -0.39 is 0 Å². The molecular weight excluding hydrogens is 432 g/mol. The maximum absolute atomic E-state index is 5.20. The van der Waals surface area contributed by atoms with Crippen LogP contribution in [0, 0.1) is 5.92 Å². The van der Waals surface area contributed by atoms with Crippen molar-refractivity contribution in [3.05, 3.63) is 90.5 Å². The standard InChI is InChI=1S/C30H30N4O/c1-21-7-9-22(10-8-21)23-11-13-24(14-12-23)31-33-29-19-20-30(28-6-4-3-5-27(28)29)34-32-25-15-17-26(35-2)18-16-25/h3-6,11-22H,7-10H2,1-2H3. The van der Waals surface area contributed by atoms with Gasteiger partial charge in [0.05, 0.1) is 29.9 Å². The van der Waals surface area contributed by atoms with Crippen LogP contribution < -0.4 is 4.74 Å². The Bertz CT molecular complexity index is 1340. The van der Waals surface area contributed by atoms with E-state index in [-0.39, 0.29) is 0 Å². The zero-order valence-electron chi connectivity index (χ0n) is 20.3. The van der Waals surface area contributed by atoms with E-state index in [2.05, 4.69) is 51.6 Å². The number of ether oxygens (including phenoxy) is 1. The first-order valence-corrected chi connectivity index (χ1v) is 12.3. The molecule has 0 radical (unpaired) electrons. The summed E-state index contributed by atoms with van der Waals surface area (Å²) in [6.45, 7) is 2.36. The highest BCUT2D eigenvalue weighted by molar-refractivity contribution is 5.99. The molecule has 5 heteroatoms. The summed E-state index contributed by atoms with van der Waals surface area (Å²) in [6.07, 6.45) is 5.23. The van der Waals surface area contributed by atoms with Crippen LogP contribution in [0.2, 0.25) is 0 Å². The highest BCUT2D eigenvalue weighted by atomic mass is 16.5. The van der Waals surface area contributed by atoms with Gasteiger partial charge in [-0.1, -0.05) is 56.2 Å². The molecule has 0 bridgehead atoms. The van der Waals surface area contributed by atoms with Crippen LogP contribution in [0.1, 0.15) is 44.1 Å². The van der Waals surface area contributed by atoms with Gasteiger partial charge in [-0.15, -0.1) is 10.2 Å². The van der Waals surface area contributed by atoms with Gasteiger partial charge in [0.1, 0.15) is 5.75 Å². The third-order valence-electron chi connectivity index (χ3n) is 6.88. The van der Waals surface area contributed by atoms with Crippen molar-refractivity contribution in [3.63, 3.8) is 0 Å². The minimum absolute atomic E-state index is 0.681. The summed E-state index contributed by atoms with van der Waals surface area (Å²) in [5.74, 6) is 2.34. The molecule has 1 aliphatic carbocycles. The van der Waals surface area contributed by atoms with E-state index in [9.17, 15) is 0 Å². The molecule has 1 saturated carbocycles. The minimum atomic E-state index is 0.681. The van der Waals surface area contributed by atoms with E-state index in [4.69, 9.17) is 4.74 Å². The predicted molar refractivity (Wildman–Crippen MR) is 142 cm³/mol. The number of rotatable bonds is 6. The fourth-order valence-corrected chi connectivity index (χ4v) is 4.72. The molecule has 0 amide bonds. The second-order valence-corrected chi connectivity index (χ2v) is 9.30. The van der Waals surface area contributed by atoms with E-state index in [1.807, 2.05) is 60.7 Å². The lowest BCUT2D eigenvalue weighted by atomic mass is 9.79. The number of azo groups is 2. The van der Waals surface area contributed by atoms with Crippen molar-refractivity contribution in [2.75, 3.05) is 7.11 Å². The molecule has 4 aromatic carbocycles. The maximum atomic E-state index is 5.20. The van der Waals surface area contributed by atoms with Gasteiger partial charge < -0.3 is 4.74 Å². The lowest BCUT2D eigenvalue weighted by Crippen LogP contribution is -2.10. The normalized spacial score (nSPS) is 18.5. The van der Waals surface area contributed by atoms with Crippen LogP contribution in [0.25, 0.3) is 10.8 Å². The Balaban J connectivity index is 1.35. The molecule has 4 aromatic rings. The van der Waals surface area contributed by atoms with Crippen LogP contribution in [0.3, 0.4) is 0 Å². The molecule has 176 valence electrons. The van der Waals surface area contributed by atoms with Crippen LogP contribution in [-0.2, 0) is 0 Å². The van der Waals surface area contributed by atoms with Crippen molar-refractivity contribution < 1.29 is 4.74 Å². The highest BCUT2D eigenvalue weighted by Crippen LogP contribution is 2.37. The van der Waals surface area contributed by atoms with E-state index in [1.165, 1.54) is 31.2 Å². The molecule has 1 aliphatic rings. The SMILES string of the molecule is COc1ccc(N=Nc2ccc(N=Nc3ccc(C4CCC(C)CC4)cc3)c3ccccc23)cc1. The van der Waals surface area contributed by atoms with E-state index in [0.717, 1.165) is 45.2 Å². The first-order chi connectivity index (χ1) is 17.2. The fourth-order valence-electron chi connectivity index (χ4n) is 4.72. The first-order valence-electron chi connectivity index (χ1n) is 12.3. The molecule has 0 atom stereocenters. The summed E-state index contributed by atoms with van der Waals surface area (Å²) in [5, 5.41) is 20.0. The molecule has 0 aliphatic heterocycles. The number of methoxy groups -OCH3 is 1. The van der Waals surface area contributed by atoms with Crippen LogP contribution in [-0.4, -0.2) is 7.11 Å². The van der Waals surface area contributed by atoms with E-state index in [1.54, 1.807) is 7.11 Å². The number of benzene rings is 4. The van der Waals surface area contributed by atoms with Gasteiger partial charge in [-0.05, 0) is 78.8 Å². The molecule has 0 aromatic heterocycles. The average Bonchev–Trinajstić information content (AvgIpc) is 2.92. The Labute approximate surface area is 206 Å². The summed E-state index contributed by atoms with van der Waals surface area (Å²) in [4.78, 5) is 0. The molecule has 35 heavy (non-hydrogen) atoms. The van der Waals surface area contributed by atoms with Crippen LogP contribution in [0.4, 0.5) is 22.7 Å². The quantitative estimate of drug-likeness (QED) is 0.263. The molecule has 0 saturated heterocycles. The monoisotopic (exact) mass is 462 g/mol. The lowest BCUT2D eigenvalue weighted by molar-refractivity contribution is 0.348. The molecular formula is C30H30N4O.